The van der Waals surface area contributed by atoms with Crippen molar-refractivity contribution in [1.82, 2.24) is 24.2 Å². The first-order valence-corrected chi connectivity index (χ1v) is 12.1. The van der Waals surface area contributed by atoms with Gasteiger partial charge in [0.25, 0.3) is 5.56 Å². The van der Waals surface area contributed by atoms with Gasteiger partial charge in [0, 0.05) is 41.3 Å². The summed E-state index contributed by atoms with van der Waals surface area (Å²) in [5.41, 5.74) is 3.15. The first-order valence-electron chi connectivity index (χ1n) is 11.0. The lowest BCUT2D eigenvalue weighted by molar-refractivity contribution is -0.123. The molecule has 2 aromatic rings. The van der Waals surface area contributed by atoms with Crippen LogP contribution in [0.5, 0.6) is 0 Å². The molecule has 0 unspecified atom stereocenters. The van der Waals surface area contributed by atoms with Crippen molar-refractivity contribution in [2.45, 2.75) is 26.7 Å². The van der Waals surface area contributed by atoms with E-state index in [2.05, 4.69) is 14.6 Å². The fourth-order valence-electron chi connectivity index (χ4n) is 4.35. The molecule has 1 aromatic heterocycles. The summed E-state index contributed by atoms with van der Waals surface area (Å²) in [5.74, 6) is -0.0741. The Hall–Kier alpha value is -3.43. The highest BCUT2D eigenvalue weighted by Gasteiger charge is 2.17. The normalized spacial score (nSPS) is 15.1. The quantitative estimate of drug-likeness (QED) is 0.454. The Morgan fingerprint density at radius 3 is 2.74 bits per heavy atom. The maximum absolute atomic E-state index is 12.8. The predicted octanol–water partition coefficient (Wildman–Crippen LogP) is 1.83. The number of carbonyl (C=O) groups excluding carboxylic acids is 1. The van der Waals surface area contributed by atoms with E-state index >= 15 is 0 Å². The zero-order valence-corrected chi connectivity index (χ0v) is 20.3. The summed E-state index contributed by atoms with van der Waals surface area (Å²) in [6.07, 6.45) is 5.23. The molecule has 2 N–H and O–H groups in total. The van der Waals surface area contributed by atoms with Crippen LogP contribution in [0.4, 0.5) is 0 Å². The molecule has 0 bridgehead atoms. The van der Waals surface area contributed by atoms with Gasteiger partial charge in [0.2, 0.25) is 11.0 Å². The topological polar surface area (TPSA) is 99.8 Å². The van der Waals surface area contributed by atoms with Crippen LogP contribution in [0.15, 0.2) is 35.1 Å². The van der Waals surface area contributed by atoms with Gasteiger partial charge in [-0.2, -0.15) is 4.98 Å². The van der Waals surface area contributed by atoms with Gasteiger partial charge in [-0.15, -0.1) is 0 Å². The number of likely N-dealkylation sites (tertiary alicyclic amines) is 1. The van der Waals surface area contributed by atoms with E-state index in [9.17, 15) is 9.59 Å². The van der Waals surface area contributed by atoms with E-state index in [0.717, 1.165) is 48.6 Å². The number of aromatic nitrogens is 4. The Bertz CT molecular complexity index is 1620. The molecule has 0 spiro atoms. The van der Waals surface area contributed by atoms with Gasteiger partial charge in [0.1, 0.15) is 4.66 Å². The molecule has 5 rings (SSSR count). The molecule has 1 amide bonds. The molecule has 4 heterocycles. The number of benzene rings is 1. The third-order valence-electron chi connectivity index (χ3n) is 6.03. The number of fused-ring (bicyclic) bond motifs is 1. The second-order valence-electron chi connectivity index (χ2n) is 8.34. The third-order valence-corrected chi connectivity index (χ3v) is 7.15. The second-order valence-corrected chi connectivity index (χ2v) is 9.78. The lowest BCUT2D eigenvalue weighted by Crippen LogP contribution is -2.47. The third kappa shape index (κ3) is 4.01. The molecule has 174 valence electrons. The average molecular weight is 495 g/mol. The monoisotopic (exact) mass is 494 g/mol. The van der Waals surface area contributed by atoms with Crippen LogP contribution in [0.2, 0.25) is 5.02 Å². The van der Waals surface area contributed by atoms with E-state index in [0.29, 0.717) is 14.8 Å². The Kier molecular flexibility index (Phi) is 5.75. The van der Waals surface area contributed by atoms with Crippen molar-refractivity contribution in [3.8, 4) is 10.8 Å². The van der Waals surface area contributed by atoms with Gasteiger partial charge in [-0.05, 0) is 62.6 Å². The van der Waals surface area contributed by atoms with Crippen molar-refractivity contribution in [2.24, 2.45) is 0 Å². The minimum atomic E-state index is -0.481. The maximum Gasteiger partial charge on any atom is 0.283 e. The number of hydrogen-bond acceptors (Lipinski definition) is 5. The molecular weight excluding hydrogens is 472 g/mol. The molecule has 3 aliphatic rings. The molecule has 0 radical (unpaired) electrons. The number of hydrogen-bond donors (Lipinski definition) is 2. The Labute approximate surface area is 203 Å². The second kappa shape index (κ2) is 8.73. The van der Waals surface area contributed by atoms with E-state index < -0.39 is 5.56 Å². The van der Waals surface area contributed by atoms with Crippen molar-refractivity contribution < 1.29 is 4.79 Å². The van der Waals surface area contributed by atoms with Crippen LogP contribution in [-0.4, -0.2) is 43.2 Å². The van der Waals surface area contributed by atoms with Gasteiger partial charge in [-0.25, -0.2) is 4.68 Å². The molecule has 0 atom stereocenters. The first-order chi connectivity index (χ1) is 16.3. The Morgan fingerprint density at radius 2 is 2.00 bits per heavy atom. The van der Waals surface area contributed by atoms with E-state index in [1.54, 1.807) is 11.0 Å². The van der Waals surface area contributed by atoms with Crippen molar-refractivity contribution in [1.29, 1.82) is 5.41 Å². The number of halogens is 1. The number of amides is 1. The van der Waals surface area contributed by atoms with E-state index in [-0.39, 0.29) is 16.6 Å². The Morgan fingerprint density at radius 1 is 1.24 bits per heavy atom. The highest BCUT2D eigenvalue weighted by molar-refractivity contribution is 7.11. The minimum absolute atomic E-state index is 0.00733. The largest absolute Gasteiger partial charge is 0.339 e. The first kappa shape index (κ1) is 22.4. The van der Waals surface area contributed by atoms with Crippen LogP contribution in [-0.2, 0) is 4.79 Å². The van der Waals surface area contributed by atoms with Crippen LogP contribution >= 0.6 is 22.9 Å². The molecule has 1 saturated heterocycles. The summed E-state index contributed by atoms with van der Waals surface area (Å²) in [5, 5.41) is 12.8. The highest BCUT2D eigenvalue weighted by atomic mass is 35.5. The van der Waals surface area contributed by atoms with Gasteiger partial charge < -0.3 is 9.47 Å². The summed E-state index contributed by atoms with van der Waals surface area (Å²) in [6.45, 7) is 5.45. The smallest absolute Gasteiger partial charge is 0.283 e. The summed E-state index contributed by atoms with van der Waals surface area (Å²) >= 11 is 7.36. The number of rotatable bonds is 3. The number of H-pyrrole nitrogens is 1. The number of aryl methyl sites for hydroxylation is 1. The summed E-state index contributed by atoms with van der Waals surface area (Å²) < 4.78 is 4.05. The average Bonchev–Trinajstić information content (AvgIpc) is 3.51. The summed E-state index contributed by atoms with van der Waals surface area (Å²) in [6, 6.07) is 9.53. The van der Waals surface area contributed by atoms with Gasteiger partial charge in [-0.3, -0.25) is 20.1 Å². The van der Waals surface area contributed by atoms with Gasteiger partial charge in [0.05, 0.1) is 5.22 Å². The zero-order valence-electron chi connectivity index (χ0n) is 18.8. The summed E-state index contributed by atoms with van der Waals surface area (Å²) in [7, 11) is 0. The molecular formula is C24H23ClN6O2S. The maximum atomic E-state index is 12.8. The zero-order chi connectivity index (χ0) is 24.0. The predicted molar refractivity (Wildman–Crippen MR) is 132 cm³/mol. The van der Waals surface area contributed by atoms with Crippen LogP contribution < -0.4 is 20.9 Å². The molecule has 0 aliphatic carbocycles. The summed E-state index contributed by atoms with van der Waals surface area (Å²) in [4.78, 5) is 31.2. The molecule has 3 aliphatic heterocycles. The van der Waals surface area contributed by atoms with Crippen LogP contribution in [0.25, 0.3) is 23.0 Å². The fourth-order valence-corrected chi connectivity index (χ4v) is 5.39. The standard InChI is InChI=1S/C24H23ClN6O2S/c1-14-10-16(15(2)30(14)18-7-5-6-17(25)12-18)11-19-22(26)31-24(27-23(19)33)34-20(28-31)13-21(32)29-8-3-4-9-29/h5-7,10-13,26,28H,3-4,8-9H2,1-2H3/b19-11+,20-13+,26-22?. The number of nitrogens with one attached hydrogen (secondary N) is 2. The van der Waals surface area contributed by atoms with Crippen molar-refractivity contribution in [3.05, 3.63) is 78.0 Å². The van der Waals surface area contributed by atoms with Crippen LogP contribution in [0.1, 0.15) is 29.8 Å². The Balaban J connectivity index is 1.61. The van der Waals surface area contributed by atoms with E-state index in [4.69, 9.17) is 17.0 Å². The lowest BCUT2D eigenvalue weighted by atomic mass is 10.2. The van der Waals surface area contributed by atoms with Crippen LogP contribution in [0, 0.1) is 19.3 Å². The molecule has 8 nitrogen and oxygen atoms in total. The molecule has 0 saturated carbocycles. The van der Waals surface area contributed by atoms with Crippen molar-refractivity contribution in [3.63, 3.8) is 0 Å². The van der Waals surface area contributed by atoms with E-state index in [1.165, 1.54) is 22.1 Å². The highest BCUT2D eigenvalue weighted by Crippen LogP contribution is 2.23. The molecule has 1 aromatic carbocycles. The van der Waals surface area contributed by atoms with Gasteiger partial charge >= 0.3 is 0 Å². The minimum Gasteiger partial charge on any atom is -0.339 e. The van der Waals surface area contributed by atoms with Gasteiger partial charge in [0.15, 0.2) is 5.49 Å². The number of aromatic amines is 1. The number of carbonyl (C=O) groups is 1. The van der Waals surface area contributed by atoms with E-state index in [1.807, 2.05) is 44.2 Å². The SMILES string of the molecule is Cc1cc(/C=c2/c(=O)nc3s/c(=C/C(=O)N4CCCC4)[nH]n-3c2=N)c(C)n1-c1cccc(Cl)c1. The van der Waals surface area contributed by atoms with Crippen molar-refractivity contribution >= 4 is 41.0 Å². The van der Waals surface area contributed by atoms with Gasteiger partial charge in [-0.1, -0.05) is 29.0 Å². The van der Waals surface area contributed by atoms with Crippen molar-refractivity contribution in [2.75, 3.05) is 13.1 Å². The lowest BCUT2D eigenvalue weighted by Gasteiger charge is -2.10. The molecule has 10 heteroatoms. The fraction of sp³-hybridized carbons (Fsp3) is 0.250. The van der Waals surface area contributed by atoms with Crippen LogP contribution in [0.3, 0.4) is 0 Å². The molecule has 34 heavy (non-hydrogen) atoms. The number of nitrogens with zero attached hydrogens (tertiary/aromatic N) is 4. The molecule has 1 fully saturated rings.